The maximum Gasteiger partial charge on any atom is 0.281 e. The topological polar surface area (TPSA) is 258 Å². The molecule has 0 fully saturated rings. The quantitative estimate of drug-likeness (QED) is 0.0771. The average molecular weight is 1020 g/mol. The first-order valence-electron chi connectivity index (χ1n) is 20.6. The van der Waals surface area contributed by atoms with E-state index in [9.17, 15) is 44.2 Å². The molecule has 4 aromatic rings. The summed E-state index contributed by atoms with van der Waals surface area (Å²) >= 11 is 6.61. The SMILES string of the molecule is CC(C)CN1C(=O)c2ccc(Br)c(N)c2C1=O.Cc1c(C#N)c(O)n(CC(C)C)c(=O)c1N=Nc1c(Br)ccc2c1C(=O)N(CC(C)C)C2=O.Cc1cc(=O)n(CC(C)C)c(O)c1C#N. The van der Waals surface area contributed by atoms with E-state index in [0.717, 1.165) is 4.57 Å². The van der Waals surface area contributed by atoms with Crippen molar-refractivity contribution in [2.24, 2.45) is 33.9 Å². The number of carbonyl (C=O) groups is 4. The van der Waals surface area contributed by atoms with Crippen LogP contribution in [0.1, 0.15) is 119 Å². The van der Waals surface area contributed by atoms with Crippen LogP contribution in [0, 0.1) is 60.2 Å². The van der Waals surface area contributed by atoms with Gasteiger partial charge in [-0.2, -0.15) is 10.5 Å². The lowest BCUT2D eigenvalue weighted by Gasteiger charge is -2.16. The lowest BCUT2D eigenvalue weighted by molar-refractivity contribution is 0.0621. The van der Waals surface area contributed by atoms with Gasteiger partial charge in [-0.15, -0.1) is 10.2 Å². The number of rotatable bonds is 10. The van der Waals surface area contributed by atoms with Gasteiger partial charge in [0.1, 0.15) is 29.0 Å². The second-order valence-electron chi connectivity index (χ2n) is 17.2. The molecular weight excluding hydrogens is 966 g/mol. The number of azo groups is 1. The van der Waals surface area contributed by atoms with Crippen LogP contribution in [-0.2, 0) is 13.1 Å². The molecule has 2 aromatic heterocycles. The van der Waals surface area contributed by atoms with E-state index < -0.39 is 23.3 Å². The molecule has 342 valence electrons. The fourth-order valence-corrected chi connectivity index (χ4v) is 7.73. The molecule has 4 heterocycles. The largest absolute Gasteiger partial charge is 0.493 e. The minimum absolute atomic E-state index is 0.0229. The first-order chi connectivity index (χ1) is 30.4. The fourth-order valence-electron chi connectivity index (χ4n) is 6.99. The van der Waals surface area contributed by atoms with E-state index in [0.29, 0.717) is 44.4 Å². The molecule has 4 amide bonds. The lowest BCUT2D eigenvalue weighted by Crippen LogP contribution is -2.33. The molecule has 2 aliphatic heterocycles. The number of pyridine rings is 2. The number of aromatic nitrogens is 2. The van der Waals surface area contributed by atoms with Gasteiger partial charge in [0.15, 0.2) is 5.69 Å². The first kappa shape index (κ1) is 51.2. The van der Waals surface area contributed by atoms with Crippen molar-refractivity contribution in [3.63, 3.8) is 0 Å². The van der Waals surface area contributed by atoms with Crippen LogP contribution in [0.25, 0.3) is 0 Å². The highest BCUT2D eigenvalue weighted by molar-refractivity contribution is 9.11. The molecule has 0 saturated carbocycles. The number of nitrogens with two attached hydrogens (primary N) is 1. The normalized spacial score (nSPS) is 13.1. The number of nitrogens with zero attached hydrogens (tertiary/aromatic N) is 8. The molecule has 0 saturated heterocycles. The van der Waals surface area contributed by atoms with E-state index >= 15 is 0 Å². The summed E-state index contributed by atoms with van der Waals surface area (Å²) in [5.74, 6) is -1.48. The van der Waals surface area contributed by atoms with E-state index in [1.54, 1.807) is 31.2 Å². The van der Waals surface area contributed by atoms with Crippen LogP contribution >= 0.6 is 31.9 Å². The summed E-state index contributed by atoms with van der Waals surface area (Å²) in [7, 11) is 0. The van der Waals surface area contributed by atoms with Gasteiger partial charge in [0.25, 0.3) is 34.7 Å². The highest BCUT2D eigenvalue weighted by Crippen LogP contribution is 2.39. The number of nitrogen functional groups attached to an aromatic ring is 1. The second-order valence-corrected chi connectivity index (χ2v) is 18.9. The van der Waals surface area contributed by atoms with Crippen molar-refractivity contribution >= 4 is 72.6 Å². The standard InChI is InChI=1S/C23H24BrN5O4.C12H13BrN2O2.C11H14N2O2/c1-11(2)9-28-20(30)14-6-7-16(24)19(17(14)22(28)32)27-26-18-13(5)15(8-25)21(31)29(23(18)33)10-12(3)4;1-6(2)5-15-11(16)7-3-4-8(13)10(14)9(7)12(15)17;1-7(2)6-13-10(14)4-8(3)9(5-12)11(13)15/h6-7,11-12,31H,9-10H2,1-5H3;3-4,6H,5,14H2,1-2H3;4,7,15H,6H2,1-3H3. The van der Waals surface area contributed by atoms with E-state index in [1.165, 1.54) is 27.4 Å². The van der Waals surface area contributed by atoms with Gasteiger partial charge in [0.2, 0.25) is 11.8 Å². The van der Waals surface area contributed by atoms with Gasteiger partial charge in [0.05, 0.1) is 27.9 Å². The molecule has 0 bridgehead atoms. The van der Waals surface area contributed by atoms with Gasteiger partial charge in [-0.1, -0.05) is 55.4 Å². The molecule has 19 heteroatoms. The molecule has 2 aliphatic rings. The van der Waals surface area contributed by atoms with Crippen molar-refractivity contribution in [2.75, 3.05) is 18.8 Å². The molecule has 0 aliphatic carbocycles. The van der Waals surface area contributed by atoms with Gasteiger partial charge in [-0.25, -0.2) is 0 Å². The number of carbonyl (C=O) groups excluding carboxylic acids is 4. The van der Waals surface area contributed by atoms with Crippen LogP contribution in [0.5, 0.6) is 11.8 Å². The Kier molecular flexibility index (Phi) is 16.6. The summed E-state index contributed by atoms with van der Waals surface area (Å²) < 4.78 is 3.39. The van der Waals surface area contributed by atoms with Gasteiger partial charge in [-0.3, -0.25) is 47.7 Å². The van der Waals surface area contributed by atoms with Crippen molar-refractivity contribution in [1.29, 1.82) is 10.5 Å². The number of anilines is 1. The molecule has 0 radical (unpaired) electrons. The fraction of sp³-hybridized carbons (Fsp3) is 0.391. The van der Waals surface area contributed by atoms with Crippen LogP contribution in [-0.4, -0.2) is 65.9 Å². The number of fused-ring (bicyclic) bond motifs is 2. The summed E-state index contributed by atoms with van der Waals surface area (Å²) in [5.41, 5.74) is 7.15. The number of halogens is 2. The number of hydrogen-bond donors (Lipinski definition) is 3. The Morgan fingerprint density at radius 3 is 1.54 bits per heavy atom. The third-order valence-corrected chi connectivity index (χ3v) is 11.3. The summed E-state index contributed by atoms with van der Waals surface area (Å²) in [6.07, 6.45) is 0. The van der Waals surface area contributed by atoms with Gasteiger partial charge in [-0.05, 0) is 99.2 Å². The zero-order valence-corrected chi connectivity index (χ0v) is 41.0. The van der Waals surface area contributed by atoms with Crippen molar-refractivity contribution in [1.82, 2.24) is 18.9 Å². The number of amides is 4. The molecule has 17 nitrogen and oxygen atoms in total. The minimum atomic E-state index is -0.603. The molecule has 0 atom stereocenters. The summed E-state index contributed by atoms with van der Waals surface area (Å²) in [6.45, 7) is 19.8. The van der Waals surface area contributed by atoms with Crippen LogP contribution < -0.4 is 16.9 Å². The summed E-state index contributed by atoms with van der Waals surface area (Å²) in [4.78, 5) is 77.0. The number of imide groups is 2. The zero-order valence-electron chi connectivity index (χ0n) is 37.8. The van der Waals surface area contributed by atoms with Crippen molar-refractivity contribution in [2.45, 2.75) is 82.3 Å². The molecule has 6 rings (SSSR count). The highest BCUT2D eigenvalue weighted by atomic mass is 79.9. The van der Waals surface area contributed by atoms with E-state index in [2.05, 4.69) is 42.1 Å². The van der Waals surface area contributed by atoms with Gasteiger partial charge >= 0.3 is 0 Å². The molecule has 0 spiro atoms. The van der Waals surface area contributed by atoms with Crippen LogP contribution in [0.15, 0.2) is 59.1 Å². The molecule has 2 aromatic carbocycles. The Morgan fingerprint density at radius 2 is 1.05 bits per heavy atom. The van der Waals surface area contributed by atoms with Crippen LogP contribution in [0.3, 0.4) is 0 Å². The van der Waals surface area contributed by atoms with Crippen LogP contribution in [0.2, 0.25) is 0 Å². The summed E-state index contributed by atoms with van der Waals surface area (Å²) in [5, 5.41) is 46.7. The molecule has 4 N–H and O–H groups in total. The second kappa shape index (κ2) is 21.0. The number of nitriles is 2. The van der Waals surface area contributed by atoms with E-state index in [-0.39, 0.29) is 99.2 Å². The smallest absolute Gasteiger partial charge is 0.281 e. The third-order valence-electron chi connectivity index (χ3n) is 9.99. The van der Waals surface area contributed by atoms with E-state index in [1.807, 2.05) is 67.5 Å². The molecule has 0 unspecified atom stereocenters. The maximum absolute atomic E-state index is 13.0. The predicted molar refractivity (Wildman–Crippen MR) is 251 cm³/mol. The Hall–Kier alpha value is -6.44. The number of aromatic hydroxyl groups is 2. The number of hydrogen-bond acceptors (Lipinski definition) is 13. The Balaban J connectivity index is 0.000000241. The predicted octanol–water partition coefficient (Wildman–Crippen LogP) is 8.49. The third kappa shape index (κ3) is 10.8. The minimum Gasteiger partial charge on any atom is -0.493 e. The average Bonchev–Trinajstić information content (AvgIpc) is 3.60. The Labute approximate surface area is 393 Å². The summed E-state index contributed by atoms with van der Waals surface area (Å²) in [6, 6.07) is 11.7. The monoisotopic (exact) mass is 1020 g/mol. The highest BCUT2D eigenvalue weighted by Gasteiger charge is 2.39. The number of benzene rings is 2. The van der Waals surface area contributed by atoms with Crippen molar-refractivity contribution in [3.8, 4) is 23.9 Å². The first-order valence-corrected chi connectivity index (χ1v) is 22.2. The van der Waals surface area contributed by atoms with Crippen molar-refractivity contribution in [3.05, 3.63) is 104 Å². The van der Waals surface area contributed by atoms with Gasteiger partial charge in [0, 0.05) is 46.8 Å². The number of aryl methyl sites for hydroxylation is 1. The molecular formula is C46H51Br2N9O8. The Morgan fingerprint density at radius 1 is 0.615 bits per heavy atom. The van der Waals surface area contributed by atoms with Crippen molar-refractivity contribution < 1.29 is 29.4 Å². The Bertz CT molecular complexity index is 2830. The van der Waals surface area contributed by atoms with Crippen LogP contribution in [0.4, 0.5) is 17.1 Å². The maximum atomic E-state index is 13.0. The van der Waals surface area contributed by atoms with E-state index in [4.69, 9.17) is 11.0 Å². The lowest BCUT2D eigenvalue weighted by atomic mass is 10.1. The van der Waals surface area contributed by atoms with Gasteiger partial charge < -0.3 is 15.9 Å². The molecule has 65 heavy (non-hydrogen) atoms. The zero-order chi connectivity index (χ0) is 48.9.